The first-order valence-corrected chi connectivity index (χ1v) is 8.52. The Labute approximate surface area is 146 Å². The molecular formula is C19H23N3O3. The molecule has 1 saturated heterocycles. The van der Waals surface area contributed by atoms with E-state index in [-0.39, 0.29) is 17.7 Å². The molecule has 1 aromatic heterocycles. The van der Waals surface area contributed by atoms with E-state index in [1.807, 2.05) is 23.1 Å². The van der Waals surface area contributed by atoms with Gasteiger partial charge in [-0.05, 0) is 18.4 Å². The van der Waals surface area contributed by atoms with Gasteiger partial charge in [0.25, 0.3) is 5.56 Å². The maximum atomic E-state index is 12.7. The van der Waals surface area contributed by atoms with E-state index in [2.05, 4.69) is 24.0 Å². The van der Waals surface area contributed by atoms with E-state index in [4.69, 9.17) is 0 Å². The molecule has 2 heterocycles. The minimum atomic E-state index is -0.476. The second kappa shape index (κ2) is 6.70. The first-order chi connectivity index (χ1) is 11.9. The number of hydrogen-bond donors (Lipinski definition) is 1. The SMILES string of the molecule is Cn1c(=O)[nH]cc(CC(=O)N2CCC[C@](C)(c3ccccc3)C2)c1=O. The molecule has 0 unspecified atom stereocenters. The fourth-order valence-electron chi connectivity index (χ4n) is 3.54. The Bertz CT molecular complexity index is 885. The van der Waals surface area contributed by atoms with Crippen LogP contribution in [-0.4, -0.2) is 33.4 Å². The number of nitrogens with one attached hydrogen (secondary N) is 1. The van der Waals surface area contributed by atoms with Gasteiger partial charge in [0.05, 0.1) is 6.42 Å². The number of carbonyl (C=O) groups is 1. The number of hydrogen-bond acceptors (Lipinski definition) is 3. The summed E-state index contributed by atoms with van der Waals surface area (Å²) in [6.45, 7) is 3.52. The quantitative estimate of drug-likeness (QED) is 0.911. The summed E-state index contributed by atoms with van der Waals surface area (Å²) in [5.74, 6) is -0.0778. The Kier molecular flexibility index (Phi) is 4.61. The Morgan fingerprint density at radius 1 is 1.24 bits per heavy atom. The van der Waals surface area contributed by atoms with Gasteiger partial charge in [0, 0.05) is 37.3 Å². The van der Waals surface area contributed by atoms with Gasteiger partial charge < -0.3 is 9.88 Å². The molecule has 1 aromatic carbocycles. The molecule has 3 rings (SSSR count). The van der Waals surface area contributed by atoms with Crippen LogP contribution in [0.1, 0.15) is 30.9 Å². The van der Waals surface area contributed by atoms with E-state index in [9.17, 15) is 14.4 Å². The Morgan fingerprint density at radius 2 is 1.96 bits per heavy atom. The van der Waals surface area contributed by atoms with E-state index < -0.39 is 11.2 Å². The summed E-state index contributed by atoms with van der Waals surface area (Å²) in [6.07, 6.45) is 3.32. The van der Waals surface area contributed by atoms with E-state index in [0.717, 1.165) is 17.4 Å². The molecule has 0 saturated carbocycles. The Hall–Kier alpha value is -2.63. The zero-order valence-electron chi connectivity index (χ0n) is 14.6. The minimum Gasteiger partial charge on any atom is -0.342 e. The van der Waals surface area contributed by atoms with E-state index in [1.165, 1.54) is 18.8 Å². The van der Waals surface area contributed by atoms with Gasteiger partial charge >= 0.3 is 5.69 Å². The number of rotatable bonds is 3. The average Bonchev–Trinajstić information content (AvgIpc) is 2.63. The lowest BCUT2D eigenvalue weighted by Gasteiger charge is -2.41. The fraction of sp³-hybridized carbons (Fsp3) is 0.421. The highest BCUT2D eigenvalue weighted by Gasteiger charge is 2.34. The first kappa shape index (κ1) is 17.2. The Morgan fingerprint density at radius 3 is 2.68 bits per heavy atom. The number of carbonyl (C=O) groups excluding carboxylic acids is 1. The number of amides is 1. The topological polar surface area (TPSA) is 75.2 Å². The van der Waals surface area contributed by atoms with Crippen molar-refractivity contribution in [2.24, 2.45) is 7.05 Å². The molecule has 1 atom stereocenters. The van der Waals surface area contributed by atoms with Crippen molar-refractivity contribution in [3.8, 4) is 0 Å². The average molecular weight is 341 g/mol. The number of nitrogens with zero attached hydrogens (tertiary/aromatic N) is 2. The lowest BCUT2D eigenvalue weighted by atomic mass is 9.76. The van der Waals surface area contributed by atoms with Crippen LogP contribution in [0, 0.1) is 0 Å². The molecule has 0 aliphatic carbocycles. The highest BCUT2D eigenvalue weighted by atomic mass is 16.2. The van der Waals surface area contributed by atoms with E-state index in [1.54, 1.807) is 0 Å². The number of aromatic amines is 1. The third-order valence-corrected chi connectivity index (χ3v) is 5.12. The molecule has 0 spiro atoms. The lowest BCUT2D eigenvalue weighted by Crippen LogP contribution is -2.48. The third kappa shape index (κ3) is 3.43. The normalized spacial score (nSPS) is 20.5. The predicted octanol–water partition coefficient (Wildman–Crippen LogP) is 1.20. The third-order valence-electron chi connectivity index (χ3n) is 5.12. The van der Waals surface area contributed by atoms with Crippen LogP contribution in [0.4, 0.5) is 0 Å². The number of benzene rings is 1. The van der Waals surface area contributed by atoms with Gasteiger partial charge in [-0.1, -0.05) is 37.3 Å². The van der Waals surface area contributed by atoms with Gasteiger partial charge in [0.15, 0.2) is 0 Å². The van der Waals surface area contributed by atoms with Crippen LogP contribution in [0.3, 0.4) is 0 Å². The van der Waals surface area contributed by atoms with Crippen molar-refractivity contribution in [2.75, 3.05) is 13.1 Å². The summed E-state index contributed by atoms with van der Waals surface area (Å²) >= 11 is 0. The number of aromatic nitrogens is 2. The summed E-state index contributed by atoms with van der Waals surface area (Å²) in [7, 11) is 1.41. The first-order valence-electron chi connectivity index (χ1n) is 8.52. The Balaban J connectivity index is 1.78. The molecule has 1 aliphatic rings. The molecule has 0 radical (unpaired) electrons. The van der Waals surface area contributed by atoms with E-state index in [0.29, 0.717) is 18.7 Å². The molecule has 6 nitrogen and oxygen atoms in total. The molecule has 1 N–H and O–H groups in total. The number of likely N-dealkylation sites (tertiary alicyclic amines) is 1. The zero-order chi connectivity index (χ0) is 18.0. The van der Waals surface area contributed by atoms with Gasteiger partial charge in [-0.3, -0.25) is 14.2 Å². The van der Waals surface area contributed by atoms with Gasteiger partial charge in [0.2, 0.25) is 5.91 Å². The second-order valence-corrected chi connectivity index (χ2v) is 7.01. The molecule has 6 heteroatoms. The van der Waals surface area contributed by atoms with Crippen molar-refractivity contribution in [1.29, 1.82) is 0 Å². The molecule has 0 bridgehead atoms. The highest BCUT2D eigenvalue weighted by Crippen LogP contribution is 2.33. The number of H-pyrrole nitrogens is 1. The largest absolute Gasteiger partial charge is 0.342 e. The summed E-state index contributed by atoms with van der Waals surface area (Å²) in [6, 6.07) is 10.2. The molecule has 132 valence electrons. The minimum absolute atomic E-state index is 0.00826. The maximum absolute atomic E-state index is 12.7. The molecule has 1 aliphatic heterocycles. The predicted molar refractivity (Wildman–Crippen MR) is 95.6 cm³/mol. The van der Waals surface area contributed by atoms with E-state index >= 15 is 0 Å². The van der Waals surface area contributed by atoms with Crippen molar-refractivity contribution >= 4 is 5.91 Å². The monoisotopic (exact) mass is 341 g/mol. The highest BCUT2D eigenvalue weighted by molar-refractivity contribution is 5.78. The van der Waals surface area contributed by atoms with Crippen molar-refractivity contribution in [1.82, 2.24) is 14.5 Å². The van der Waals surface area contributed by atoms with Crippen LogP contribution < -0.4 is 11.2 Å². The zero-order valence-corrected chi connectivity index (χ0v) is 14.6. The van der Waals surface area contributed by atoms with Gasteiger partial charge in [0.1, 0.15) is 0 Å². The second-order valence-electron chi connectivity index (χ2n) is 7.01. The summed E-state index contributed by atoms with van der Waals surface area (Å²) < 4.78 is 0.993. The van der Waals surface area contributed by atoms with Crippen LogP contribution in [0.15, 0.2) is 46.1 Å². The fourth-order valence-corrected chi connectivity index (χ4v) is 3.54. The summed E-state index contributed by atoms with van der Waals surface area (Å²) in [5.41, 5.74) is 0.577. The van der Waals surface area contributed by atoms with Crippen LogP contribution in [0.25, 0.3) is 0 Å². The lowest BCUT2D eigenvalue weighted by molar-refractivity contribution is -0.132. The van der Waals surface area contributed by atoms with Gasteiger partial charge in [-0.25, -0.2) is 4.79 Å². The maximum Gasteiger partial charge on any atom is 0.328 e. The van der Waals surface area contributed by atoms with Crippen molar-refractivity contribution in [2.45, 2.75) is 31.6 Å². The molecule has 1 amide bonds. The summed E-state index contributed by atoms with van der Waals surface area (Å²) in [4.78, 5) is 40.6. The van der Waals surface area contributed by atoms with Crippen molar-refractivity contribution in [3.05, 3.63) is 68.5 Å². The van der Waals surface area contributed by atoms with Crippen molar-refractivity contribution in [3.63, 3.8) is 0 Å². The van der Waals surface area contributed by atoms with Crippen LogP contribution in [0.5, 0.6) is 0 Å². The number of piperidine rings is 1. The van der Waals surface area contributed by atoms with Crippen LogP contribution in [0.2, 0.25) is 0 Å². The van der Waals surface area contributed by atoms with Crippen LogP contribution in [-0.2, 0) is 23.7 Å². The standard InChI is InChI=1S/C19H23N3O3/c1-19(15-7-4-3-5-8-15)9-6-10-22(13-19)16(23)11-14-12-20-18(25)21(2)17(14)24/h3-5,7-8,12H,6,9-11,13H2,1-2H3,(H,20,25)/t19-/m0/s1. The molecular weight excluding hydrogens is 318 g/mol. The molecule has 25 heavy (non-hydrogen) atoms. The van der Waals surface area contributed by atoms with Gasteiger partial charge in [-0.2, -0.15) is 0 Å². The van der Waals surface area contributed by atoms with Gasteiger partial charge in [-0.15, -0.1) is 0 Å². The molecule has 2 aromatic rings. The smallest absolute Gasteiger partial charge is 0.328 e. The summed E-state index contributed by atoms with van der Waals surface area (Å²) in [5, 5.41) is 0. The van der Waals surface area contributed by atoms with Crippen LogP contribution >= 0.6 is 0 Å². The van der Waals surface area contributed by atoms with Crippen molar-refractivity contribution < 1.29 is 4.79 Å². The molecule has 1 fully saturated rings.